The first-order valence-electron chi connectivity index (χ1n) is 6.60. The van der Waals surface area contributed by atoms with Crippen LogP contribution < -0.4 is 10.5 Å². The van der Waals surface area contributed by atoms with Crippen molar-refractivity contribution in [2.45, 2.75) is 26.8 Å². The molecule has 106 valence electrons. The van der Waals surface area contributed by atoms with Gasteiger partial charge in [0.25, 0.3) is 0 Å². The van der Waals surface area contributed by atoms with Gasteiger partial charge in [-0.2, -0.15) is 0 Å². The van der Waals surface area contributed by atoms with Crippen LogP contribution in [0.2, 0.25) is 0 Å². The molecule has 1 atom stereocenters. The van der Waals surface area contributed by atoms with E-state index in [1.165, 1.54) is 12.1 Å². The van der Waals surface area contributed by atoms with E-state index in [1.54, 1.807) is 13.2 Å². The number of rotatable bonds is 3. The van der Waals surface area contributed by atoms with Gasteiger partial charge in [0.05, 0.1) is 13.2 Å². The summed E-state index contributed by atoms with van der Waals surface area (Å²) in [6, 6.07) is 8.49. The van der Waals surface area contributed by atoms with Gasteiger partial charge in [-0.25, -0.2) is 4.39 Å². The van der Waals surface area contributed by atoms with Crippen LogP contribution in [0.5, 0.6) is 5.75 Å². The van der Waals surface area contributed by atoms with E-state index in [4.69, 9.17) is 10.5 Å². The Hall–Kier alpha value is -1.87. The van der Waals surface area contributed by atoms with Crippen LogP contribution in [-0.4, -0.2) is 7.11 Å². The number of methoxy groups -OCH3 is 1. The quantitative estimate of drug-likeness (QED) is 0.923. The highest BCUT2D eigenvalue weighted by molar-refractivity contribution is 5.46. The maximum Gasteiger partial charge on any atom is 0.123 e. The van der Waals surface area contributed by atoms with Crippen molar-refractivity contribution in [3.63, 3.8) is 0 Å². The predicted octanol–water partition coefficient (Wildman–Crippen LogP) is 3.81. The third-order valence-electron chi connectivity index (χ3n) is 3.69. The largest absolute Gasteiger partial charge is 0.496 e. The lowest BCUT2D eigenvalue weighted by molar-refractivity contribution is 0.411. The summed E-state index contributed by atoms with van der Waals surface area (Å²) in [7, 11) is 1.66. The number of benzene rings is 2. The number of hydrogen-bond donors (Lipinski definition) is 1. The average molecular weight is 273 g/mol. The third kappa shape index (κ3) is 2.68. The summed E-state index contributed by atoms with van der Waals surface area (Å²) in [5, 5.41) is 0. The van der Waals surface area contributed by atoms with Gasteiger partial charge < -0.3 is 10.5 Å². The maximum atomic E-state index is 13.2. The zero-order chi connectivity index (χ0) is 14.9. The van der Waals surface area contributed by atoms with Gasteiger partial charge in [0, 0.05) is 0 Å². The molecular weight excluding hydrogens is 253 g/mol. The first-order chi connectivity index (χ1) is 9.43. The molecular formula is C17H20FNO. The normalized spacial score (nSPS) is 12.3. The molecule has 2 nitrogen and oxygen atoms in total. The first-order valence-corrected chi connectivity index (χ1v) is 6.60. The van der Waals surface area contributed by atoms with Gasteiger partial charge in [-0.1, -0.05) is 12.1 Å². The second-order valence-electron chi connectivity index (χ2n) is 5.16. The van der Waals surface area contributed by atoms with Gasteiger partial charge in [0.1, 0.15) is 11.6 Å². The molecule has 0 aliphatic rings. The third-order valence-corrected chi connectivity index (χ3v) is 3.69. The molecule has 2 aromatic carbocycles. The molecule has 20 heavy (non-hydrogen) atoms. The van der Waals surface area contributed by atoms with Crippen LogP contribution in [0.1, 0.15) is 33.9 Å². The van der Waals surface area contributed by atoms with Crippen molar-refractivity contribution in [3.05, 3.63) is 64.0 Å². The molecule has 0 radical (unpaired) electrons. The van der Waals surface area contributed by atoms with E-state index in [0.717, 1.165) is 33.6 Å². The second kappa shape index (κ2) is 5.63. The van der Waals surface area contributed by atoms with E-state index in [2.05, 4.69) is 0 Å². The van der Waals surface area contributed by atoms with E-state index >= 15 is 0 Å². The Morgan fingerprint density at radius 2 is 1.60 bits per heavy atom. The van der Waals surface area contributed by atoms with E-state index in [0.29, 0.717) is 0 Å². The predicted molar refractivity (Wildman–Crippen MR) is 79.6 cm³/mol. The van der Waals surface area contributed by atoms with Gasteiger partial charge in [-0.3, -0.25) is 0 Å². The molecule has 0 spiro atoms. The lowest BCUT2D eigenvalue weighted by atomic mass is 9.91. The van der Waals surface area contributed by atoms with Crippen molar-refractivity contribution < 1.29 is 9.13 Å². The lowest BCUT2D eigenvalue weighted by Gasteiger charge is -2.19. The molecule has 1 unspecified atom stereocenters. The number of nitrogens with two attached hydrogens (primary N) is 1. The highest BCUT2D eigenvalue weighted by Crippen LogP contribution is 2.30. The molecule has 0 heterocycles. The van der Waals surface area contributed by atoms with Gasteiger partial charge in [-0.15, -0.1) is 0 Å². The van der Waals surface area contributed by atoms with E-state index in [9.17, 15) is 4.39 Å². The zero-order valence-corrected chi connectivity index (χ0v) is 12.3. The molecule has 2 aromatic rings. The van der Waals surface area contributed by atoms with Crippen molar-refractivity contribution in [1.29, 1.82) is 0 Å². The van der Waals surface area contributed by atoms with Crippen molar-refractivity contribution >= 4 is 0 Å². The molecule has 0 amide bonds. The minimum Gasteiger partial charge on any atom is -0.496 e. The molecule has 0 fully saturated rings. The standard InChI is InChI=1S/C17H20FNO/c1-10-7-13(18)5-6-14(10)17(19)15-8-12(3)16(20-4)9-11(15)2/h5-9,17H,19H2,1-4H3. The van der Waals surface area contributed by atoms with E-state index in [1.807, 2.05) is 32.9 Å². The zero-order valence-electron chi connectivity index (χ0n) is 12.3. The average Bonchev–Trinajstić information content (AvgIpc) is 2.40. The number of ether oxygens (including phenoxy) is 1. The van der Waals surface area contributed by atoms with Crippen LogP contribution in [0.3, 0.4) is 0 Å². The van der Waals surface area contributed by atoms with Crippen molar-refractivity contribution in [2.75, 3.05) is 7.11 Å². The van der Waals surface area contributed by atoms with E-state index < -0.39 is 0 Å². The summed E-state index contributed by atoms with van der Waals surface area (Å²) in [5.74, 6) is 0.621. The summed E-state index contributed by atoms with van der Waals surface area (Å²) in [5.41, 5.74) is 11.3. The van der Waals surface area contributed by atoms with Gasteiger partial charge in [0.2, 0.25) is 0 Å². The Bertz CT molecular complexity index is 637. The summed E-state index contributed by atoms with van der Waals surface area (Å²) >= 11 is 0. The number of hydrogen-bond acceptors (Lipinski definition) is 2. The van der Waals surface area contributed by atoms with Crippen LogP contribution in [0.25, 0.3) is 0 Å². The lowest BCUT2D eigenvalue weighted by Crippen LogP contribution is -2.15. The van der Waals surface area contributed by atoms with Gasteiger partial charge >= 0.3 is 0 Å². The molecule has 0 saturated heterocycles. The molecule has 2 N–H and O–H groups in total. The molecule has 3 heteroatoms. The van der Waals surface area contributed by atoms with Crippen LogP contribution >= 0.6 is 0 Å². The molecule has 0 bridgehead atoms. The Morgan fingerprint density at radius 3 is 2.20 bits per heavy atom. The van der Waals surface area contributed by atoms with Crippen molar-refractivity contribution in [3.8, 4) is 5.75 Å². The minimum atomic E-state index is -0.264. The first kappa shape index (κ1) is 14.5. The van der Waals surface area contributed by atoms with E-state index in [-0.39, 0.29) is 11.9 Å². The summed E-state index contributed by atoms with van der Waals surface area (Å²) in [6.45, 7) is 5.88. The van der Waals surface area contributed by atoms with Crippen LogP contribution in [0.15, 0.2) is 30.3 Å². The fourth-order valence-electron chi connectivity index (χ4n) is 2.52. The Balaban J connectivity index is 2.48. The summed E-state index contributed by atoms with van der Waals surface area (Å²) in [6.07, 6.45) is 0. The molecule has 0 saturated carbocycles. The van der Waals surface area contributed by atoms with Crippen molar-refractivity contribution in [1.82, 2.24) is 0 Å². The summed E-state index contributed by atoms with van der Waals surface area (Å²) < 4.78 is 18.5. The topological polar surface area (TPSA) is 35.2 Å². The summed E-state index contributed by atoms with van der Waals surface area (Å²) in [4.78, 5) is 0. The fourth-order valence-corrected chi connectivity index (χ4v) is 2.52. The fraction of sp³-hybridized carbons (Fsp3) is 0.294. The monoisotopic (exact) mass is 273 g/mol. The highest BCUT2D eigenvalue weighted by atomic mass is 19.1. The number of halogens is 1. The molecule has 0 aliphatic carbocycles. The smallest absolute Gasteiger partial charge is 0.123 e. The number of aryl methyl sites for hydroxylation is 3. The highest BCUT2D eigenvalue weighted by Gasteiger charge is 2.16. The van der Waals surface area contributed by atoms with Crippen molar-refractivity contribution in [2.24, 2.45) is 5.73 Å². The minimum absolute atomic E-state index is 0.235. The van der Waals surface area contributed by atoms with Crippen LogP contribution in [-0.2, 0) is 0 Å². The Labute approximate surface area is 119 Å². The molecule has 0 aliphatic heterocycles. The van der Waals surface area contributed by atoms with Crippen LogP contribution in [0, 0.1) is 26.6 Å². The molecule has 2 rings (SSSR count). The maximum absolute atomic E-state index is 13.2. The van der Waals surface area contributed by atoms with Gasteiger partial charge in [-0.05, 0) is 66.8 Å². The van der Waals surface area contributed by atoms with Gasteiger partial charge in [0.15, 0.2) is 0 Å². The molecule has 0 aromatic heterocycles. The Morgan fingerprint density at radius 1 is 0.950 bits per heavy atom. The Kier molecular flexibility index (Phi) is 4.09. The second-order valence-corrected chi connectivity index (χ2v) is 5.16. The van der Waals surface area contributed by atoms with Crippen LogP contribution in [0.4, 0.5) is 4.39 Å². The SMILES string of the molecule is COc1cc(C)c(C(N)c2ccc(F)cc2C)cc1C.